The van der Waals surface area contributed by atoms with Crippen molar-refractivity contribution in [3.8, 4) is 0 Å². The van der Waals surface area contributed by atoms with Gasteiger partial charge < -0.3 is 15.7 Å². The van der Waals surface area contributed by atoms with E-state index in [-0.39, 0.29) is 12.8 Å². The molecule has 0 radical (unpaired) electrons. The Morgan fingerprint density at radius 2 is 2.25 bits per heavy atom. The average molecular weight is 176 g/mol. The van der Waals surface area contributed by atoms with E-state index in [0.29, 0.717) is 0 Å². The first-order valence-electron chi connectivity index (χ1n) is 3.37. The molecule has 4 N–H and O–H groups in total. The maximum absolute atomic E-state index is 10.6. The second-order valence-electron chi connectivity index (χ2n) is 2.21. The van der Waals surface area contributed by atoms with Gasteiger partial charge >= 0.3 is 5.97 Å². The summed E-state index contributed by atoms with van der Waals surface area (Å²) < 4.78 is 0. The Morgan fingerprint density at radius 1 is 1.67 bits per heavy atom. The molecule has 0 aromatic rings. The summed E-state index contributed by atoms with van der Waals surface area (Å²) >= 11 is 0. The van der Waals surface area contributed by atoms with E-state index in [1.54, 1.807) is 0 Å². The fraction of sp³-hybridized carbons (Fsp3) is 0.667. The summed E-state index contributed by atoms with van der Waals surface area (Å²) in [5.41, 5.74) is 7.23. The van der Waals surface area contributed by atoms with Gasteiger partial charge in [0.15, 0.2) is 0 Å². The quantitative estimate of drug-likeness (QED) is 0.444. The van der Waals surface area contributed by atoms with Crippen LogP contribution in [0.2, 0.25) is 0 Å². The molecular formula is C6H12N2O4. The number of primary amides is 1. The van der Waals surface area contributed by atoms with Crippen molar-refractivity contribution in [1.82, 2.24) is 5.48 Å². The van der Waals surface area contributed by atoms with Crippen molar-refractivity contribution in [1.29, 1.82) is 0 Å². The molecule has 0 rings (SSSR count). The van der Waals surface area contributed by atoms with E-state index in [0.717, 1.165) is 0 Å². The number of aliphatic carboxylic acids is 1. The predicted molar refractivity (Wildman–Crippen MR) is 40.0 cm³/mol. The fourth-order valence-electron chi connectivity index (χ4n) is 0.669. The molecule has 0 bridgehead atoms. The lowest BCUT2D eigenvalue weighted by Gasteiger charge is -2.11. The van der Waals surface area contributed by atoms with Gasteiger partial charge in [0.25, 0.3) is 0 Å². The summed E-state index contributed by atoms with van der Waals surface area (Å²) in [6, 6.07) is -0.744. The van der Waals surface area contributed by atoms with E-state index >= 15 is 0 Å². The van der Waals surface area contributed by atoms with Crippen LogP contribution < -0.4 is 11.2 Å². The molecule has 6 nitrogen and oxygen atoms in total. The van der Waals surface area contributed by atoms with Gasteiger partial charge in [0.1, 0.15) is 6.04 Å². The van der Waals surface area contributed by atoms with Gasteiger partial charge in [-0.2, -0.15) is 5.48 Å². The largest absolute Gasteiger partial charge is 0.481 e. The molecule has 0 aliphatic heterocycles. The maximum atomic E-state index is 10.6. The zero-order valence-corrected chi connectivity index (χ0v) is 6.74. The fourth-order valence-corrected chi connectivity index (χ4v) is 0.669. The highest BCUT2D eigenvalue weighted by Crippen LogP contribution is 1.96. The summed E-state index contributed by atoms with van der Waals surface area (Å²) in [7, 11) is 1.33. The molecule has 0 saturated heterocycles. The van der Waals surface area contributed by atoms with Gasteiger partial charge in [0.05, 0.1) is 7.11 Å². The summed E-state index contributed by atoms with van der Waals surface area (Å²) in [6.07, 6.45) is 0.00245. The van der Waals surface area contributed by atoms with Crippen LogP contribution in [0.5, 0.6) is 0 Å². The minimum absolute atomic E-state index is 0.121. The topological polar surface area (TPSA) is 102 Å². The normalized spacial score (nSPS) is 12.4. The Labute approximate surface area is 69.6 Å². The van der Waals surface area contributed by atoms with Crippen LogP contribution in [0.25, 0.3) is 0 Å². The van der Waals surface area contributed by atoms with E-state index in [1.165, 1.54) is 7.11 Å². The Kier molecular flexibility index (Phi) is 4.98. The zero-order valence-electron chi connectivity index (χ0n) is 6.74. The first-order valence-corrected chi connectivity index (χ1v) is 3.37. The van der Waals surface area contributed by atoms with Gasteiger partial charge in [0, 0.05) is 6.42 Å². The second kappa shape index (κ2) is 5.50. The molecule has 0 fully saturated rings. The smallest absolute Gasteiger partial charge is 0.303 e. The van der Waals surface area contributed by atoms with Crippen molar-refractivity contribution in [3.63, 3.8) is 0 Å². The molecule has 1 amide bonds. The monoisotopic (exact) mass is 176 g/mol. The third-order valence-electron chi connectivity index (χ3n) is 1.25. The van der Waals surface area contributed by atoms with Gasteiger partial charge in [-0.25, -0.2) is 0 Å². The van der Waals surface area contributed by atoms with Gasteiger partial charge in [0.2, 0.25) is 5.91 Å². The molecule has 0 unspecified atom stereocenters. The molecule has 0 aromatic heterocycles. The standard InChI is InChI=1S/C6H12N2O4/c1-12-8-4(6(7)11)2-3-5(9)10/h4,8H,2-3H2,1H3,(H2,7,11)(H,9,10)/t4-/m0/s1. The summed E-state index contributed by atoms with van der Waals surface area (Å²) in [6.45, 7) is 0. The number of carbonyl (C=O) groups is 2. The lowest BCUT2D eigenvalue weighted by Crippen LogP contribution is -2.40. The molecule has 0 heterocycles. The van der Waals surface area contributed by atoms with Crippen LogP contribution in [0.3, 0.4) is 0 Å². The number of hydrogen-bond donors (Lipinski definition) is 3. The predicted octanol–water partition coefficient (Wildman–Crippen LogP) is -1.14. The number of hydroxylamine groups is 1. The third kappa shape index (κ3) is 4.64. The lowest BCUT2D eigenvalue weighted by atomic mass is 10.1. The van der Waals surface area contributed by atoms with Crippen LogP contribution in [-0.4, -0.2) is 30.1 Å². The highest BCUT2D eigenvalue weighted by atomic mass is 16.6. The second-order valence-corrected chi connectivity index (χ2v) is 2.21. The minimum atomic E-state index is -0.973. The number of hydrogen-bond acceptors (Lipinski definition) is 4. The highest BCUT2D eigenvalue weighted by molar-refractivity contribution is 5.80. The molecule has 0 aliphatic carbocycles. The highest BCUT2D eigenvalue weighted by Gasteiger charge is 2.15. The van der Waals surface area contributed by atoms with Crippen LogP contribution in [0.15, 0.2) is 0 Å². The molecule has 0 aromatic carbocycles. The van der Waals surface area contributed by atoms with Crippen molar-refractivity contribution in [3.05, 3.63) is 0 Å². The van der Waals surface area contributed by atoms with Gasteiger partial charge in [-0.3, -0.25) is 9.59 Å². The van der Waals surface area contributed by atoms with Crippen LogP contribution in [0, 0.1) is 0 Å². The maximum Gasteiger partial charge on any atom is 0.303 e. The molecule has 1 atom stereocenters. The average Bonchev–Trinajstić information content (AvgIpc) is 1.96. The van der Waals surface area contributed by atoms with Crippen molar-refractivity contribution >= 4 is 11.9 Å². The van der Waals surface area contributed by atoms with Crippen LogP contribution in [0.1, 0.15) is 12.8 Å². The van der Waals surface area contributed by atoms with Gasteiger partial charge in [-0.1, -0.05) is 0 Å². The zero-order chi connectivity index (χ0) is 9.56. The number of amides is 1. The molecule has 0 aliphatic rings. The summed E-state index contributed by atoms with van der Waals surface area (Å²) in [4.78, 5) is 25.2. The SMILES string of the molecule is CON[C@@H](CCC(=O)O)C(N)=O. The number of carbonyl (C=O) groups excluding carboxylic acids is 1. The molecule has 0 saturated carbocycles. The van der Waals surface area contributed by atoms with E-state index in [1.807, 2.05) is 0 Å². The number of rotatable bonds is 6. The van der Waals surface area contributed by atoms with Crippen molar-refractivity contribution in [2.24, 2.45) is 5.73 Å². The summed E-state index contributed by atoms with van der Waals surface area (Å²) in [5, 5.41) is 8.29. The van der Waals surface area contributed by atoms with E-state index in [9.17, 15) is 9.59 Å². The first kappa shape index (κ1) is 10.9. The molecular weight excluding hydrogens is 164 g/mol. The number of carboxylic acid groups (broad SMARTS) is 1. The van der Waals surface area contributed by atoms with E-state index < -0.39 is 17.9 Å². The lowest BCUT2D eigenvalue weighted by molar-refractivity contribution is -0.137. The van der Waals surface area contributed by atoms with Crippen molar-refractivity contribution in [2.75, 3.05) is 7.11 Å². The summed E-state index contributed by atoms with van der Waals surface area (Å²) in [5.74, 6) is -1.60. The minimum Gasteiger partial charge on any atom is -0.481 e. The Balaban J connectivity index is 3.79. The first-order chi connectivity index (χ1) is 5.57. The van der Waals surface area contributed by atoms with E-state index in [4.69, 9.17) is 10.8 Å². The number of nitrogens with two attached hydrogens (primary N) is 1. The Morgan fingerprint density at radius 3 is 2.58 bits per heavy atom. The van der Waals surface area contributed by atoms with Crippen LogP contribution in [0.4, 0.5) is 0 Å². The van der Waals surface area contributed by atoms with Crippen LogP contribution >= 0.6 is 0 Å². The van der Waals surface area contributed by atoms with Gasteiger partial charge in [-0.15, -0.1) is 0 Å². The number of nitrogens with one attached hydrogen (secondary N) is 1. The molecule has 12 heavy (non-hydrogen) atoms. The third-order valence-corrected chi connectivity index (χ3v) is 1.25. The van der Waals surface area contributed by atoms with Crippen molar-refractivity contribution in [2.45, 2.75) is 18.9 Å². The van der Waals surface area contributed by atoms with Crippen LogP contribution in [-0.2, 0) is 14.4 Å². The van der Waals surface area contributed by atoms with Gasteiger partial charge in [-0.05, 0) is 6.42 Å². The van der Waals surface area contributed by atoms with E-state index in [2.05, 4.69) is 10.3 Å². The molecule has 0 spiro atoms. The Hall–Kier alpha value is -1.14. The van der Waals surface area contributed by atoms with Crippen molar-refractivity contribution < 1.29 is 19.5 Å². The molecule has 6 heteroatoms. The molecule has 70 valence electrons. The number of carboxylic acids is 1. The Bertz CT molecular complexity index is 171.